The number of rotatable bonds is 8. The van der Waals surface area contributed by atoms with E-state index in [1.54, 1.807) is 17.1 Å². The molecule has 0 aliphatic carbocycles. The van der Waals surface area contributed by atoms with Crippen molar-refractivity contribution in [1.82, 2.24) is 20.5 Å². The standard InChI is InChI=1S/C24H31FN4O5S/c1-24(2)11-14-29(15-12-24)27-23(31)28-35(32,33)19-7-4-17(5-8-19)10-13-26-22(30)20-16-18(25)6-9-21(20)34-3/h4-9,16H,10-15H2,1-3H3,(H,26,30)(H2,27,28,31). The Hall–Kier alpha value is -3.18. The number of ether oxygens (including phenoxy) is 1. The normalized spacial score (nSPS) is 15.8. The van der Waals surface area contributed by atoms with Crippen molar-refractivity contribution in [1.29, 1.82) is 0 Å². The molecule has 3 amide bonds. The van der Waals surface area contributed by atoms with Gasteiger partial charge in [0.25, 0.3) is 15.9 Å². The van der Waals surface area contributed by atoms with Gasteiger partial charge >= 0.3 is 6.03 Å². The van der Waals surface area contributed by atoms with E-state index in [0.717, 1.165) is 24.5 Å². The number of nitrogens with one attached hydrogen (secondary N) is 3. The van der Waals surface area contributed by atoms with Crippen molar-refractivity contribution in [3.8, 4) is 5.75 Å². The van der Waals surface area contributed by atoms with Crippen LogP contribution in [0, 0.1) is 11.2 Å². The fraction of sp³-hybridized carbons (Fsp3) is 0.417. The minimum atomic E-state index is -4.04. The molecule has 1 aliphatic rings. The Kier molecular flexibility index (Phi) is 8.34. The van der Waals surface area contributed by atoms with Crippen molar-refractivity contribution in [2.45, 2.75) is 38.0 Å². The quantitative estimate of drug-likeness (QED) is 0.507. The summed E-state index contributed by atoms with van der Waals surface area (Å²) in [4.78, 5) is 24.5. The Morgan fingerprint density at radius 3 is 2.37 bits per heavy atom. The van der Waals surface area contributed by atoms with Gasteiger partial charge < -0.3 is 10.1 Å². The molecular formula is C24H31FN4O5S. The molecule has 0 atom stereocenters. The van der Waals surface area contributed by atoms with Crippen LogP contribution in [0.2, 0.25) is 0 Å². The van der Waals surface area contributed by atoms with Crippen LogP contribution in [0.4, 0.5) is 9.18 Å². The van der Waals surface area contributed by atoms with E-state index in [1.807, 2.05) is 4.72 Å². The van der Waals surface area contributed by atoms with E-state index in [2.05, 4.69) is 24.6 Å². The zero-order valence-corrected chi connectivity index (χ0v) is 20.9. The molecule has 11 heteroatoms. The average Bonchev–Trinajstić information content (AvgIpc) is 2.80. The molecule has 1 fully saturated rings. The second-order valence-corrected chi connectivity index (χ2v) is 10.9. The fourth-order valence-electron chi connectivity index (χ4n) is 3.68. The molecule has 1 saturated heterocycles. The molecule has 9 nitrogen and oxygen atoms in total. The summed E-state index contributed by atoms with van der Waals surface area (Å²) in [6.07, 6.45) is 2.22. The molecule has 0 saturated carbocycles. The number of carbonyl (C=O) groups is 2. The highest BCUT2D eigenvalue weighted by Crippen LogP contribution is 2.28. The summed E-state index contributed by atoms with van der Waals surface area (Å²) < 4.78 is 45.7. The number of urea groups is 1. The highest BCUT2D eigenvalue weighted by atomic mass is 32.2. The predicted octanol–water partition coefficient (Wildman–Crippen LogP) is 2.83. The summed E-state index contributed by atoms with van der Waals surface area (Å²) in [7, 11) is -2.64. The van der Waals surface area contributed by atoms with E-state index in [-0.39, 0.29) is 28.2 Å². The van der Waals surface area contributed by atoms with E-state index in [1.165, 1.54) is 31.4 Å². The van der Waals surface area contributed by atoms with Gasteiger partial charge in [0.05, 0.1) is 17.6 Å². The predicted molar refractivity (Wildman–Crippen MR) is 129 cm³/mol. The van der Waals surface area contributed by atoms with Gasteiger partial charge in [-0.2, -0.15) is 0 Å². The summed E-state index contributed by atoms with van der Waals surface area (Å²) in [6, 6.07) is 8.88. The Labute approximate surface area is 205 Å². The van der Waals surface area contributed by atoms with E-state index in [4.69, 9.17) is 4.74 Å². The highest BCUT2D eigenvalue weighted by molar-refractivity contribution is 7.90. The van der Waals surface area contributed by atoms with Gasteiger partial charge in [-0.05, 0) is 60.6 Å². The maximum atomic E-state index is 13.5. The van der Waals surface area contributed by atoms with Crippen LogP contribution in [0.25, 0.3) is 0 Å². The highest BCUT2D eigenvalue weighted by Gasteiger charge is 2.27. The molecular weight excluding hydrogens is 475 g/mol. The van der Waals surface area contributed by atoms with Gasteiger partial charge in [0.1, 0.15) is 11.6 Å². The number of carbonyl (C=O) groups excluding carboxylic acids is 2. The molecule has 3 rings (SSSR count). The first-order valence-corrected chi connectivity index (χ1v) is 12.8. The molecule has 190 valence electrons. The van der Waals surface area contributed by atoms with Crippen LogP contribution < -0.4 is 20.2 Å². The first kappa shape index (κ1) is 26.4. The Bertz CT molecular complexity index is 1160. The number of piperidine rings is 1. The van der Waals surface area contributed by atoms with Crippen molar-refractivity contribution in [3.05, 3.63) is 59.4 Å². The Morgan fingerprint density at radius 2 is 1.74 bits per heavy atom. The van der Waals surface area contributed by atoms with Crippen LogP contribution in [-0.4, -0.2) is 52.1 Å². The first-order chi connectivity index (χ1) is 16.5. The zero-order chi connectivity index (χ0) is 25.6. The van der Waals surface area contributed by atoms with Crippen LogP contribution in [0.15, 0.2) is 47.4 Å². The first-order valence-electron chi connectivity index (χ1n) is 11.3. The van der Waals surface area contributed by atoms with Gasteiger partial charge in [0, 0.05) is 19.6 Å². The maximum absolute atomic E-state index is 13.5. The van der Waals surface area contributed by atoms with Gasteiger partial charge in [-0.15, -0.1) is 0 Å². The van der Waals surface area contributed by atoms with Crippen LogP contribution in [0.1, 0.15) is 42.6 Å². The minimum absolute atomic E-state index is 0.0512. The number of sulfonamides is 1. The lowest BCUT2D eigenvalue weighted by Crippen LogP contribution is -2.52. The van der Waals surface area contributed by atoms with E-state index in [9.17, 15) is 22.4 Å². The molecule has 35 heavy (non-hydrogen) atoms. The second-order valence-electron chi connectivity index (χ2n) is 9.19. The Morgan fingerprint density at radius 1 is 1.09 bits per heavy atom. The molecule has 0 spiro atoms. The number of halogens is 1. The number of methoxy groups -OCH3 is 1. The Balaban J connectivity index is 1.50. The van der Waals surface area contributed by atoms with Crippen molar-refractivity contribution < 1.29 is 27.1 Å². The third-order valence-corrected chi connectivity index (χ3v) is 7.29. The topological polar surface area (TPSA) is 117 Å². The lowest BCUT2D eigenvalue weighted by molar-refractivity contribution is 0.0950. The summed E-state index contributed by atoms with van der Waals surface area (Å²) in [5, 5.41) is 4.41. The zero-order valence-electron chi connectivity index (χ0n) is 20.1. The van der Waals surface area contributed by atoms with Gasteiger partial charge in [-0.3, -0.25) is 10.2 Å². The van der Waals surface area contributed by atoms with Crippen LogP contribution in [-0.2, 0) is 16.4 Å². The van der Waals surface area contributed by atoms with Crippen molar-refractivity contribution in [2.24, 2.45) is 5.41 Å². The summed E-state index contributed by atoms with van der Waals surface area (Å²) in [5.74, 6) is -0.762. The largest absolute Gasteiger partial charge is 0.496 e. The lowest BCUT2D eigenvalue weighted by atomic mass is 9.83. The summed E-state index contributed by atoms with van der Waals surface area (Å²) >= 11 is 0. The van der Waals surface area contributed by atoms with Gasteiger partial charge in [0.2, 0.25) is 0 Å². The number of amides is 3. The molecule has 2 aromatic carbocycles. The maximum Gasteiger partial charge on any atom is 0.343 e. The third-order valence-electron chi connectivity index (χ3n) is 5.94. The second kappa shape index (κ2) is 11.0. The molecule has 2 aromatic rings. The van der Waals surface area contributed by atoms with Crippen LogP contribution in [0.3, 0.4) is 0 Å². The van der Waals surface area contributed by atoms with E-state index >= 15 is 0 Å². The van der Waals surface area contributed by atoms with Crippen LogP contribution in [0.5, 0.6) is 5.75 Å². The van der Waals surface area contributed by atoms with Crippen molar-refractivity contribution in [3.63, 3.8) is 0 Å². The molecule has 0 aromatic heterocycles. The molecule has 1 aliphatic heterocycles. The molecule has 0 unspecified atom stereocenters. The van der Waals surface area contributed by atoms with Gasteiger partial charge in [0.15, 0.2) is 0 Å². The van der Waals surface area contributed by atoms with E-state index < -0.39 is 27.8 Å². The molecule has 0 bridgehead atoms. The number of hydrogen-bond donors (Lipinski definition) is 3. The number of benzene rings is 2. The SMILES string of the molecule is COc1ccc(F)cc1C(=O)NCCc1ccc(S(=O)(=O)NC(=O)NN2CCC(C)(C)CC2)cc1. The fourth-order valence-corrected chi connectivity index (χ4v) is 4.58. The minimum Gasteiger partial charge on any atom is -0.496 e. The monoisotopic (exact) mass is 506 g/mol. The number of hydrazine groups is 1. The van der Waals surface area contributed by atoms with Crippen LogP contribution >= 0.6 is 0 Å². The number of hydrogen-bond acceptors (Lipinski definition) is 6. The van der Waals surface area contributed by atoms with Gasteiger partial charge in [-0.1, -0.05) is 26.0 Å². The van der Waals surface area contributed by atoms with Crippen molar-refractivity contribution >= 4 is 22.0 Å². The number of nitrogens with zero attached hydrogens (tertiary/aromatic N) is 1. The average molecular weight is 507 g/mol. The summed E-state index contributed by atoms with van der Waals surface area (Å²) in [6.45, 7) is 5.87. The van der Waals surface area contributed by atoms with Gasteiger partial charge in [-0.25, -0.2) is 27.3 Å². The molecule has 0 radical (unpaired) electrons. The third kappa shape index (κ3) is 7.40. The smallest absolute Gasteiger partial charge is 0.343 e. The summed E-state index contributed by atoms with van der Waals surface area (Å²) in [5.41, 5.74) is 3.66. The lowest BCUT2D eigenvalue weighted by Gasteiger charge is -2.36. The van der Waals surface area contributed by atoms with Crippen molar-refractivity contribution in [2.75, 3.05) is 26.7 Å². The van der Waals surface area contributed by atoms with E-state index in [0.29, 0.717) is 19.5 Å². The molecule has 3 N–H and O–H groups in total. The molecule has 1 heterocycles.